The van der Waals surface area contributed by atoms with Gasteiger partial charge in [0.25, 0.3) is 0 Å². The van der Waals surface area contributed by atoms with Crippen LogP contribution in [0.15, 0.2) is 30.6 Å². The van der Waals surface area contributed by atoms with E-state index in [1.54, 1.807) is 0 Å². The number of halogens is 3. The van der Waals surface area contributed by atoms with E-state index in [4.69, 9.17) is 0 Å². The zero-order valence-corrected chi connectivity index (χ0v) is 11.9. The molecular formula is C14H17F3N4. The third-order valence-electron chi connectivity index (χ3n) is 3.21. The van der Waals surface area contributed by atoms with E-state index < -0.39 is 11.9 Å². The molecule has 0 radical (unpaired) electrons. The van der Waals surface area contributed by atoms with Crippen LogP contribution in [0.4, 0.5) is 19.1 Å². The van der Waals surface area contributed by atoms with Crippen LogP contribution in [-0.2, 0) is 19.6 Å². The molecule has 0 amide bonds. The summed E-state index contributed by atoms with van der Waals surface area (Å²) in [4.78, 5) is 7.32. The average Bonchev–Trinajstić information content (AvgIpc) is 2.81. The highest BCUT2D eigenvalue weighted by Gasteiger charge is 2.32. The number of hydrogen-bond acceptors (Lipinski definition) is 3. The summed E-state index contributed by atoms with van der Waals surface area (Å²) in [6.07, 6.45) is 0.227. The number of aryl methyl sites for hydroxylation is 2. The summed E-state index contributed by atoms with van der Waals surface area (Å²) in [7, 11) is 1.96. The molecule has 7 heteroatoms. The van der Waals surface area contributed by atoms with Crippen molar-refractivity contribution in [2.24, 2.45) is 7.05 Å². The Morgan fingerprint density at radius 1 is 1.33 bits per heavy atom. The van der Waals surface area contributed by atoms with Crippen LogP contribution in [-0.4, -0.2) is 20.6 Å². The van der Waals surface area contributed by atoms with Crippen LogP contribution in [0.2, 0.25) is 0 Å². The predicted molar refractivity (Wildman–Crippen MR) is 73.9 cm³/mol. The van der Waals surface area contributed by atoms with Gasteiger partial charge in [-0.15, -0.1) is 0 Å². The molecule has 2 aromatic rings. The third kappa shape index (κ3) is 4.21. The Morgan fingerprint density at radius 2 is 2.10 bits per heavy atom. The van der Waals surface area contributed by atoms with Crippen molar-refractivity contribution < 1.29 is 13.2 Å². The minimum absolute atomic E-state index is 0.00389. The number of nitrogens with one attached hydrogen (secondary N) is 1. The van der Waals surface area contributed by atoms with E-state index in [2.05, 4.69) is 15.3 Å². The molecule has 21 heavy (non-hydrogen) atoms. The van der Waals surface area contributed by atoms with Crippen molar-refractivity contribution in [3.8, 4) is 0 Å². The first-order valence-corrected chi connectivity index (χ1v) is 6.63. The SMILES string of the molecule is CC(CCc1cccn1C)Nc1nccc(C(F)(F)F)n1. The second kappa shape index (κ2) is 6.15. The molecule has 0 aliphatic heterocycles. The molecular weight excluding hydrogens is 281 g/mol. The lowest BCUT2D eigenvalue weighted by atomic mass is 10.1. The van der Waals surface area contributed by atoms with Gasteiger partial charge in [-0.2, -0.15) is 13.2 Å². The topological polar surface area (TPSA) is 42.7 Å². The standard InChI is InChI=1S/C14H17F3N4/c1-10(5-6-11-4-3-9-21(11)2)19-13-18-8-7-12(20-13)14(15,16)17/h3-4,7-10H,5-6H2,1-2H3,(H,18,19,20). The van der Waals surface area contributed by atoms with Crippen LogP contribution in [0.3, 0.4) is 0 Å². The molecule has 0 saturated carbocycles. The molecule has 2 rings (SSSR count). The largest absolute Gasteiger partial charge is 0.433 e. The molecule has 0 bridgehead atoms. The number of hydrogen-bond donors (Lipinski definition) is 1. The highest BCUT2D eigenvalue weighted by molar-refractivity contribution is 5.27. The lowest BCUT2D eigenvalue weighted by Crippen LogP contribution is -2.19. The van der Waals surface area contributed by atoms with E-state index in [0.29, 0.717) is 0 Å². The molecule has 0 aromatic carbocycles. The predicted octanol–water partition coefficient (Wildman–Crippen LogP) is 3.27. The van der Waals surface area contributed by atoms with Crippen LogP contribution in [0.5, 0.6) is 0 Å². The summed E-state index contributed by atoms with van der Waals surface area (Å²) >= 11 is 0. The van der Waals surface area contributed by atoms with Crippen LogP contribution >= 0.6 is 0 Å². The van der Waals surface area contributed by atoms with Gasteiger partial charge in [0.1, 0.15) is 5.69 Å². The van der Waals surface area contributed by atoms with Crippen LogP contribution in [0.25, 0.3) is 0 Å². The highest BCUT2D eigenvalue weighted by atomic mass is 19.4. The normalized spacial score (nSPS) is 13.2. The van der Waals surface area contributed by atoms with Crippen molar-refractivity contribution in [2.45, 2.75) is 32.0 Å². The van der Waals surface area contributed by atoms with E-state index in [0.717, 1.165) is 25.1 Å². The smallest absolute Gasteiger partial charge is 0.354 e. The quantitative estimate of drug-likeness (QED) is 0.921. The number of anilines is 1. The van der Waals surface area contributed by atoms with E-state index in [1.165, 1.54) is 5.69 Å². The van der Waals surface area contributed by atoms with Gasteiger partial charge >= 0.3 is 6.18 Å². The fourth-order valence-electron chi connectivity index (χ4n) is 2.00. The first-order chi connectivity index (χ1) is 9.86. The van der Waals surface area contributed by atoms with E-state index in [-0.39, 0.29) is 12.0 Å². The summed E-state index contributed by atoms with van der Waals surface area (Å²) in [5, 5.41) is 2.90. The molecule has 4 nitrogen and oxygen atoms in total. The Labute approximate surface area is 121 Å². The zero-order chi connectivity index (χ0) is 15.5. The second-order valence-corrected chi connectivity index (χ2v) is 4.96. The summed E-state index contributed by atoms with van der Waals surface area (Å²) < 4.78 is 39.7. The van der Waals surface area contributed by atoms with Gasteiger partial charge in [-0.25, -0.2) is 9.97 Å². The summed E-state index contributed by atoms with van der Waals surface area (Å²) in [5.74, 6) is 0.00389. The van der Waals surface area contributed by atoms with E-state index in [1.807, 2.05) is 36.9 Å². The number of rotatable bonds is 5. The molecule has 2 aromatic heterocycles. The van der Waals surface area contributed by atoms with Gasteiger partial charge in [-0.1, -0.05) is 0 Å². The summed E-state index contributed by atoms with van der Waals surface area (Å²) in [6, 6.07) is 4.82. The molecule has 1 unspecified atom stereocenters. The van der Waals surface area contributed by atoms with Crippen LogP contribution in [0.1, 0.15) is 24.7 Å². The molecule has 1 N–H and O–H groups in total. The Morgan fingerprint density at radius 3 is 2.71 bits per heavy atom. The van der Waals surface area contributed by atoms with Crippen LogP contribution < -0.4 is 5.32 Å². The van der Waals surface area contributed by atoms with Gasteiger partial charge in [0, 0.05) is 31.2 Å². The molecule has 0 spiro atoms. The summed E-state index contributed by atoms with van der Waals surface area (Å²) in [6.45, 7) is 1.90. The van der Waals surface area contributed by atoms with E-state index >= 15 is 0 Å². The Balaban J connectivity index is 1.93. The first-order valence-electron chi connectivity index (χ1n) is 6.63. The Kier molecular flexibility index (Phi) is 4.50. The fraction of sp³-hybridized carbons (Fsp3) is 0.429. The first kappa shape index (κ1) is 15.3. The molecule has 0 saturated heterocycles. The number of aromatic nitrogens is 3. The van der Waals surface area contributed by atoms with Gasteiger partial charge in [-0.05, 0) is 38.0 Å². The third-order valence-corrected chi connectivity index (χ3v) is 3.21. The van der Waals surface area contributed by atoms with Gasteiger partial charge in [0.15, 0.2) is 0 Å². The lowest BCUT2D eigenvalue weighted by molar-refractivity contribution is -0.141. The second-order valence-electron chi connectivity index (χ2n) is 4.96. The molecule has 114 valence electrons. The van der Waals surface area contributed by atoms with Gasteiger partial charge < -0.3 is 9.88 Å². The molecule has 0 aliphatic carbocycles. The fourth-order valence-corrected chi connectivity index (χ4v) is 2.00. The Bertz CT molecular complexity index is 592. The molecule has 0 aliphatic rings. The zero-order valence-electron chi connectivity index (χ0n) is 11.9. The summed E-state index contributed by atoms with van der Waals surface area (Å²) in [5.41, 5.74) is 0.239. The van der Waals surface area contributed by atoms with Crippen molar-refractivity contribution in [1.82, 2.24) is 14.5 Å². The number of alkyl halides is 3. The molecule has 0 fully saturated rings. The minimum atomic E-state index is -4.45. The van der Waals surface area contributed by atoms with Gasteiger partial charge in [0.05, 0.1) is 0 Å². The van der Waals surface area contributed by atoms with Gasteiger partial charge in [-0.3, -0.25) is 0 Å². The maximum absolute atomic E-state index is 12.6. The monoisotopic (exact) mass is 298 g/mol. The number of nitrogens with zero attached hydrogens (tertiary/aromatic N) is 3. The van der Waals surface area contributed by atoms with Crippen molar-refractivity contribution in [1.29, 1.82) is 0 Å². The lowest BCUT2D eigenvalue weighted by Gasteiger charge is -2.15. The van der Waals surface area contributed by atoms with Crippen molar-refractivity contribution in [3.05, 3.63) is 42.0 Å². The maximum atomic E-state index is 12.6. The Hall–Kier alpha value is -2.05. The molecule has 1 atom stereocenters. The highest BCUT2D eigenvalue weighted by Crippen LogP contribution is 2.27. The van der Waals surface area contributed by atoms with Crippen molar-refractivity contribution in [2.75, 3.05) is 5.32 Å². The maximum Gasteiger partial charge on any atom is 0.433 e. The van der Waals surface area contributed by atoms with Crippen LogP contribution in [0, 0.1) is 0 Å². The van der Waals surface area contributed by atoms with Crippen molar-refractivity contribution >= 4 is 5.95 Å². The average molecular weight is 298 g/mol. The minimum Gasteiger partial charge on any atom is -0.354 e. The van der Waals surface area contributed by atoms with Crippen molar-refractivity contribution in [3.63, 3.8) is 0 Å². The van der Waals surface area contributed by atoms with Gasteiger partial charge in [0.2, 0.25) is 5.95 Å². The van der Waals surface area contributed by atoms with E-state index in [9.17, 15) is 13.2 Å². The molecule has 2 heterocycles.